The lowest BCUT2D eigenvalue weighted by Gasteiger charge is -2.20. The van der Waals surface area contributed by atoms with Crippen LogP contribution in [0.25, 0.3) is 0 Å². The van der Waals surface area contributed by atoms with E-state index in [0.717, 1.165) is 6.42 Å². The van der Waals surface area contributed by atoms with Crippen LogP contribution in [0.2, 0.25) is 0 Å². The van der Waals surface area contributed by atoms with Gasteiger partial charge in [0.15, 0.2) is 0 Å². The first-order valence-corrected chi connectivity index (χ1v) is 5.64. The summed E-state index contributed by atoms with van der Waals surface area (Å²) in [6.07, 6.45) is 2.15. The molecule has 1 aromatic rings. The van der Waals surface area contributed by atoms with Gasteiger partial charge in [-0.25, -0.2) is 0 Å². The lowest BCUT2D eigenvalue weighted by Crippen LogP contribution is -2.38. The van der Waals surface area contributed by atoms with Crippen molar-refractivity contribution in [1.29, 1.82) is 0 Å². The highest BCUT2D eigenvalue weighted by molar-refractivity contribution is 5.98. The van der Waals surface area contributed by atoms with Crippen molar-refractivity contribution in [2.45, 2.75) is 13.3 Å². The fourth-order valence-corrected chi connectivity index (χ4v) is 1.61. The predicted molar refractivity (Wildman–Crippen MR) is 65.8 cm³/mol. The summed E-state index contributed by atoms with van der Waals surface area (Å²) in [5.41, 5.74) is 6.28. The predicted octanol–water partition coefficient (Wildman–Crippen LogP) is 0.0275. The number of hydrogen-bond donors (Lipinski definition) is 1. The zero-order valence-electron chi connectivity index (χ0n) is 10.8. The lowest BCUT2D eigenvalue weighted by atomic mass is 10.3. The van der Waals surface area contributed by atoms with Crippen LogP contribution in [0.4, 0.5) is 5.69 Å². The first-order valence-electron chi connectivity index (χ1n) is 5.64. The molecule has 0 unspecified atom stereocenters. The maximum atomic E-state index is 12.3. The number of carbonyl (C=O) groups is 2. The third-order valence-corrected chi connectivity index (χ3v) is 2.50. The highest BCUT2D eigenvalue weighted by atomic mass is 16.5. The molecule has 18 heavy (non-hydrogen) atoms. The van der Waals surface area contributed by atoms with Crippen molar-refractivity contribution in [1.82, 2.24) is 14.7 Å². The maximum absolute atomic E-state index is 12.3. The standard InChI is InChI=1S/C11H18N4O3/c1-4-5-15(7-9(16)18-3)11(17)10-8(12)6-13-14(10)2/h6H,4-5,7,12H2,1-3H3. The van der Waals surface area contributed by atoms with Crippen molar-refractivity contribution in [3.63, 3.8) is 0 Å². The van der Waals surface area contributed by atoms with Gasteiger partial charge in [-0.2, -0.15) is 5.10 Å². The molecule has 0 spiro atoms. The van der Waals surface area contributed by atoms with Crippen LogP contribution in [-0.4, -0.2) is 46.8 Å². The number of anilines is 1. The van der Waals surface area contributed by atoms with Gasteiger partial charge in [-0.15, -0.1) is 0 Å². The quantitative estimate of drug-likeness (QED) is 0.748. The minimum absolute atomic E-state index is 0.0895. The molecule has 0 aliphatic carbocycles. The Labute approximate surface area is 105 Å². The largest absolute Gasteiger partial charge is 0.468 e. The number of nitrogens with zero attached hydrogens (tertiary/aromatic N) is 3. The Kier molecular flexibility index (Phi) is 4.70. The van der Waals surface area contributed by atoms with Gasteiger partial charge in [0, 0.05) is 13.6 Å². The highest BCUT2D eigenvalue weighted by Crippen LogP contribution is 2.13. The summed E-state index contributed by atoms with van der Waals surface area (Å²) in [4.78, 5) is 24.9. The van der Waals surface area contributed by atoms with Crippen molar-refractivity contribution in [3.8, 4) is 0 Å². The molecule has 0 aliphatic heterocycles. The Morgan fingerprint density at radius 1 is 1.56 bits per heavy atom. The number of esters is 1. The summed E-state index contributed by atoms with van der Waals surface area (Å²) in [6.45, 7) is 2.29. The van der Waals surface area contributed by atoms with Crippen LogP contribution in [0.15, 0.2) is 6.20 Å². The summed E-state index contributed by atoms with van der Waals surface area (Å²) in [5.74, 6) is -0.780. The molecule has 0 saturated carbocycles. The van der Waals surface area contributed by atoms with Crippen molar-refractivity contribution >= 4 is 17.6 Å². The maximum Gasteiger partial charge on any atom is 0.325 e. The fourth-order valence-electron chi connectivity index (χ4n) is 1.61. The van der Waals surface area contributed by atoms with Crippen molar-refractivity contribution < 1.29 is 14.3 Å². The van der Waals surface area contributed by atoms with Crippen molar-refractivity contribution in [2.75, 3.05) is 25.9 Å². The van der Waals surface area contributed by atoms with Gasteiger partial charge in [-0.1, -0.05) is 6.92 Å². The van der Waals surface area contributed by atoms with E-state index in [0.29, 0.717) is 12.2 Å². The normalized spacial score (nSPS) is 10.2. The number of ether oxygens (including phenoxy) is 1. The molecule has 7 nitrogen and oxygen atoms in total. The van der Waals surface area contributed by atoms with E-state index in [2.05, 4.69) is 9.84 Å². The van der Waals surface area contributed by atoms with Gasteiger partial charge < -0.3 is 15.4 Å². The average molecular weight is 254 g/mol. The van der Waals surface area contributed by atoms with Crippen LogP contribution in [0.5, 0.6) is 0 Å². The number of carbonyl (C=O) groups excluding carboxylic acids is 2. The van der Waals surface area contributed by atoms with E-state index in [1.807, 2.05) is 6.92 Å². The second kappa shape index (κ2) is 6.04. The second-order valence-electron chi connectivity index (χ2n) is 3.87. The number of rotatable bonds is 5. The van der Waals surface area contributed by atoms with E-state index in [1.165, 1.54) is 22.9 Å². The number of nitrogen functional groups attached to an aromatic ring is 1. The SMILES string of the molecule is CCCN(CC(=O)OC)C(=O)c1c(N)cnn1C. The third kappa shape index (κ3) is 2.99. The molecule has 0 saturated heterocycles. The van der Waals surface area contributed by atoms with E-state index < -0.39 is 5.97 Å². The number of amides is 1. The number of methoxy groups -OCH3 is 1. The van der Waals surface area contributed by atoms with E-state index in [-0.39, 0.29) is 18.1 Å². The molecule has 1 heterocycles. The molecule has 0 bridgehead atoms. The number of hydrogen-bond acceptors (Lipinski definition) is 5. The molecular weight excluding hydrogens is 236 g/mol. The number of aryl methyl sites for hydroxylation is 1. The summed E-state index contributed by atoms with van der Waals surface area (Å²) in [5, 5.41) is 3.91. The summed E-state index contributed by atoms with van der Waals surface area (Å²) in [7, 11) is 2.92. The molecule has 7 heteroatoms. The fraction of sp³-hybridized carbons (Fsp3) is 0.545. The smallest absolute Gasteiger partial charge is 0.325 e. The topological polar surface area (TPSA) is 90.4 Å². The van der Waals surface area contributed by atoms with Crippen molar-refractivity contribution in [3.05, 3.63) is 11.9 Å². The summed E-state index contributed by atoms with van der Waals surface area (Å²) < 4.78 is 5.97. The Bertz CT molecular complexity index is 422. The molecule has 0 radical (unpaired) electrons. The Morgan fingerprint density at radius 3 is 2.67 bits per heavy atom. The molecular formula is C11H18N4O3. The molecule has 1 rings (SSSR count). The number of aromatic nitrogens is 2. The Morgan fingerprint density at radius 2 is 2.22 bits per heavy atom. The van der Waals surface area contributed by atoms with E-state index in [1.54, 1.807) is 7.05 Å². The van der Waals surface area contributed by atoms with Gasteiger partial charge in [-0.3, -0.25) is 14.3 Å². The Hall–Kier alpha value is -2.05. The summed E-state index contributed by atoms with van der Waals surface area (Å²) >= 11 is 0. The van der Waals surface area contributed by atoms with Gasteiger partial charge >= 0.3 is 5.97 Å². The van der Waals surface area contributed by atoms with Crippen LogP contribution in [0.3, 0.4) is 0 Å². The van der Waals surface area contributed by atoms with Crippen LogP contribution in [0.1, 0.15) is 23.8 Å². The van der Waals surface area contributed by atoms with Gasteiger partial charge in [-0.05, 0) is 6.42 Å². The Balaban J connectivity index is 2.92. The third-order valence-electron chi connectivity index (χ3n) is 2.50. The minimum atomic E-state index is -0.461. The molecule has 0 atom stereocenters. The molecule has 0 aliphatic rings. The van der Waals surface area contributed by atoms with Crippen molar-refractivity contribution in [2.24, 2.45) is 7.05 Å². The first-order chi connectivity index (χ1) is 8.51. The highest BCUT2D eigenvalue weighted by Gasteiger charge is 2.23. The second-order valence-corrected chi connectivity index (χ2v) is 3.87. The van der Waals surface area contributed by atoms with E-state index in [4.69, 9.17) is 5.73 Å². The molecule has 1 aromatic heterocycles. The van der Waals surface area contributed by atoms with Gasteiger partial charge in [0.1, 0.15) is 12.2 Å². The first kappa shape index (κ1) is 14.0. The average Bonchev–Trinajstić information content (AvgIpc) is 2.67. The van der Waals surface area contributed by atoms with Crippen LogP contribution in [-0.2, 0) is 16.6 Å². The van der Waals surface area contributed by atoms with Gasteiger partial charge in [0.2, 0.25) is 0 Å². The van der Waals surface area contributed by atoms with E-state index in [9.17, 15) is 9.59 Å². The van der Waals surface area contributed by atoms with Crippen LogP contribution < -0.4 is 5.73 Å². The molecule has 0 fully saturated rings. The van der Waals surface area contributed by atoms with Gasteiger partial charge in [0.05, 0.1) is 19.0 Å². The monoisotopic (exact) mass is 254 g/mol. The lowest BCUT2D eigenvalue weighted by molar-refractivity contribution is -0.141. The van der Waals surface area contributed by atoms with Crippen LogP contribution in [0, 0.1) is 0 Å². The molecule has 2 N–H and O–H groups in total. The zero-order valence-corrected chi connectivity index (χ0v) is 10.8. The minimum Gasteiger partial charge on any atom is -0.468 e. The number of nitrogens with two attached hydrogens (primary N) is 1. The summed E-state index contributed by atoms with van der Waals surface area (Å²) in [6, 6.07) is 0. The van der Waals surface area contributed by atoms with Crippen LogP contribution >= 0.6 is 0 Å². The molecule has 100 valence electrons. The van der Waals surface area contributed by atoms with Gasteiger partial charge in [0.25, 0.3) is 5.91 Å². The zero-order chi connectivity index (χ0) is 13.7. The molecule has 1 amide bonds. The van der Waals surface area contributed by atoms with E-state index >= 15 is 0 Å². The molecule has 0 aromatic carbocycles.